The molecule has 1 aromatic heterocycles. The quantitative estimate of drug-likeness (QED) is 0.721. The number of aromatic nitrogens is 1. The summed E-state index contributed by atoms with van der Waals surface area (Å²) in [5.74, 6) is -0.202. The van der Waals surface area contributed by atoms with E-state index >= 15 is 0 Å². The Kier molecular flexibility index (Phi) is 4.55. The molecule has 5 heteroatoms. The van der Waals surface area contributed by atoms with Crippen molar-refractivity contribution in [2.45, 2.75) is 20.8 Å². The summed E-state index contributed by atoms with van der Waals surface area (Å²) in [4.78, 5) is 17.5. The first-order valence-corrected chi connectivity index (χ1v) is 5.88. The van der Waals surface area contributed by atoms with Crippen LogP contribution in [0.1, 0.15) is 19.5 Å². The summed E-state index contributed by atoms with van der Waals surface area (Å²) in [6.45, 7) is 7.20. The van der Waals surface area contributed by atoms with Crippen molar-refractivity contribution in [2.75, 3.05) is 24.6 Å². The molecular weight excluding hydrogens is 212 g/mol. The number of ether oxygens (including phenoxy) is 1. The Morgan fingerprint density at radius 3 is 2.80 bits per heavy atom. The lowest BCUT2D eigenvalue weighted by Crippen LogP contribution is -2.30. The van der Waals surface area contributed by atoms with Gasteiger partial charge in [-0.15, -0.1) is 11.3 Å². The number of aryl methyl sites for hydroxylation is 1. The van der Waals surface area contributed by atoms with E-state index in [4.69, 9.17) is 4.74 Å². The second-order valence-corrected chi connectivity index (χ2v) is 3.93. The summed E-state index contributed by atoms with van der Waals surface area (Å²) in [6.07, 6.45) is 0. The van der Waals surface area contributed by atoms with Crippen molar-refractivity contribution in [1.29, 1.82) is 0 Å². The van der Waals surface area contributed by atoms with E-state index in [1.54, 1.807) is 11.3 Å². The number of anilines is 1. The van der Waals surface area contributed by atoms with Crippen molar-refractivity contribution in [3.05, 3.63) is 11.1 Å². The number of likely N-dealkylation sites (N-methyl/N-ethyl adjacent to an activating group) is 1. The first kappa shape index (κ1) is 12.0. The van der Waals surface area contributed by atoms with Crippen LogP contribution >= 0.6 is 11.3 Å². The van der Waals surface area contributed by atoms with Crippen LogP contribution in [-0.2, 0) is 9.53 Å². The minimum atomic E-state index is -0.202. The van der Waals surface area contributed by atoms with Crippen LogP contribution in [0.2, 0.25) is 0 Å². The predicted octanol–water partition coefficient (Wildman–Crippen LogP) is 1.84. The van der Waals surface area contributed by atoms with Crippen LogP contribution in [0.3, 0.4) is 0 Å². The normalized spacial score (nSPS) is 10.1. The smallest absolute Gasteiger partial charge is 0.325 e. The van der Waals surface area contributed by atoms with Crippen molar-refractivity contribution in [2.24, 2.45) is 0 Å². The first-order valence-electron chi connectivity index (χ1n) is 5.00. The number of carbonyl (C=O) groups is 1. The molecule has 0 radical (unpaired) electrons. The SMILES string of the molecule is CCOC(=O)CN(CC)c1nc(C)cs1. The molecule has 84 valence electrons. The zero-order chi connectivity index (χ0) is 11.3. The Morgan fingerprint density at radius 1 is 1.60 bits per heavy atom. The molecule has 0 bridgehead atoms. The number of esters is 1. The van der Waals surface area contributed by atoms with Gasteiger partial charge in [-0.3, -0.25) is 4.79 Å². The van der Waals surface area contributed by atoms with Gasteiger partial charge in [0, 0.05) is 11.9 Å². The van der Waals surface area contributed by atoms with Gasteiger partial charge in [0.15, 0.2) is 5.13 Å². The van der Waals surface area contributed by atoms with E-state index in [1.165, 1.54) is 0 Å². The zero-order valence-electron chi connectivity index (χ0n) is 9.32. The Balaban J connectivity index is 2.60. The molecule has 0 saturated carbocycles. The number of rotatable bonds is 5. The van der Waals surface area contributed by atoms with Crippen molar-refractivity contribution >= 4 is 22.4 Å². The Hall–Kier alpha value is -1.10. The van der Waals surface area contributed by atoms with Crippen LogP contribution in [-0.4, -0.2) is 30.6 Å². The summed E-state index contributed by atoms with van der Waals surface area (Å²) in [7, 11) is 0. The molecule has 0 unspecified atom stereocenters. The van der Waals surface area contributed by atoms with E-state index in [-0.39, 0.29) is 12.5 Å². The Labute approximate surface area is 93.9 Å². The minimum Gasteiger partial charge on any atom is -0.465 e. The largest absolute Gasteiger partial charge is 0.465 e. The number of thiazole rings is 1. The van der Waals surface area contributed by atoms with E-state index in [0.717, 1.165) is 17.4 Å². The summed E-state index contributed by atoms with van der Waals surface area (Å²) in [6, 6.07) is 0. The van der Waals surface area contributed by atoms with Gasteiger partial charge < -0.3 is 9.64 Å². The first-order chi connectivity index (χ1) is 7.17. The number of nitrogens with zero attached hydrogens (tertiary/aromatic N) is 2. The van der Waals surface area contributed by atoms with E-state index < -0.39 is 0 Å². The zero-order valence-corrected chi connectivity index (χ0v) is 10.1. The van der Waals surface area contributed by atoms with Gasteiger partial charge in [0.2, 0.25) is 0 Å². The third-order valence-corrected chi connectivity index (χ3v) is 2.90. The number of hydrogen-bond donors (Lipinski definition) is 0. The fourth-order valence-corrected chi connectivity index (χ4v) is 2.03. The average molecular weight is 228 g/mol. The molecule has 1 heterocycles. The summed E-state index contributed by atoms with van der Waals surface area (Å²) in [5.41, 5.74) is 0.984. The van der Waals surface area contributed by atoms with Crippen molar-refractivity contribution < 1.29 is 9.53 Å². The van der Waals surface area contributed by atoms with Gasteiger partial charge in [0.05, 0.1) is 12.3 Å². The molecule has 0 aliphatic carbocycles. The summed E-state index contributed by atoms with van der Waals surface area (Å²) in [5, 5.41) is 2.85. The van der Waals surface area contributed by atoms with Gasteiger partial charge >= 0.3 is 5.97 Å². The molecule has 1 rings (SSSR count). The van der Waals surface area contributed by atoms with Gasteiger partial charge in [0.25, 0.3) is 0 Å². The second kappa shape index (κ2) is 5.70. The van der Waals surface area contributed by atoms with Crippen LogP contribution in [0.5, 0.6) is 0 Å². The lowest BCUT2D eigenvalue weighted by atomic mass is 10.5. The van der Waals surface area contributed by atoms with Crippen LogP contribution in [0.4, 0.5) is 5.13 Å². The van der Waals surface area contributed by atoms with Gasteiger partial charge in [-0.25, -0.2) is 4.98 Å². The molecule has 0 aliphatic rings. The third kappa shape index (κ3) is 3.51. The fourth-order valence-electron chi connectivity index (χ4n) is 1.16. The summed E-state index contributed by atoms with van der Waals surface area (Å²) < 4.78 is 4.90. The molecule has 4 nitrogen and oxygen atoms in total. The van der Waals surface area contributed by atoms with Crippen LogP contribution in [0, 0.1) is 6.92 Å². The van der Waals surface area contributed by atoms with E-state index in [0.29, 0.717) is 6.61 Å². The lowest BCUT2D eigenvalue weighted by molar-refractivity contribution is -0.141. The van der Waals surface area contributed by atoms with Gasteiger partial charge in [-0.05, 0) is 20.8 Å². The average Bonchev–Trinajstić information content (AvgIpc) is 2.61. The molecule has 0 saturated heterocycles. The lowest BCUT2D eigenvalue weighted by Gasteiger charge is -2.18. The van der Waals surface area contributed by atoms with Crippen molar-refractivity contribution in [3.8, 4) is 0 Å². The molecule has 0 amide bonds. The maximum atomic E-state index is 11.3. The molecule has 0 aliphatic heterocycles. The van der Waals surface area contributed by atoms with Gasteiger partial charge in [-0.1, -0.05) is 0 Å². The highest BCUT2D eigenvalue weighted by Gasteiger charge is 2.13. The van der Waals surface area contributed by atoms with E-state index in [2.05, 4.69) is 4.98 Å². The Morgan fingerprint density at radius 2 is 2.33 bits per heavy atom. The second-order valence-electron chi connectivity index (χ2n) is 3.09. The topological polar surface area (TPSA) is 42.4 Å². The summed E-state index contributed by atoms with van der Waals surface area (Å²) >= 11 is 1.55. The highest BCUT2D eigenvalue weighted by molar-refractivity contribution is 7.13. The minimum absolute atomic E-state index is 0.202. The maximum absolute atomic E-state index is 11.3. The van der Waals surface area contributed by atoms with Crippen LogP contribution in [0.15, 0.2) is 5.38 Å². The van der Waals surface area contributed by atoms with Crippen LogP contribution in [0.25, 0.3) is 0 Å². The van der Waals surface area contributed by atoms with Gasteiger partial charge in [0.1, 0.15) is 6.54 Å². The third-order valence-electron chi connectivity index (χ3n) is 1.88. The predicted molar refractivity (Wildman–Crippen MR) is 61.4 cm³/mol. The van der Waals surface area contributed by atoms with Crippen LogP contribution < -0.4 is 4.90 Å². The highest BCUT2D eigenvalue weighted by atomic mass is 32.1. The van der Waals surface area contributed by atoms with Crippen molar-refractivity contribution in [3.63, 3.8) is 0 Å². The molecule has 0 fully saturated rings. The standard InChI is InChI=1S/C10H16N2O2S/c1-4-12(6-9(13)14-5-2)10-11-8(3)7-15-10/h7H,4-6H2,1-3H3. The monoisotopic (exact) mass is 228 g/mol. The maximum Gasteiger partial charge on any atom is 0.325 e. The Bertz CT molecular complexity index is 325. The number of hydrogen-bond acceptors (Lipinski definition) is 5. The number of carbonyl (C=O) groups excluding carboxylic acids is 1. The fraction of sp³-hybridized carbons (Fsp3) is 0.600. The van der Waals surface area contributed by atoms with E-state index in [9.17, 15) is 4.79 Å². The molecule has 0 atom stereocenters. The molecule has 0 aromatic carbocycles. The van der Waals surface area contributed by atoms with Gasteiger partial charge in [-0.2, -0.15) is 0 Å². The molecule has 0 N–H and O–H groups in total. The molecule has 15 heavy (non-hydrogen) atoms. The van der Waals surface area contributed by atoms with Crippen molar-refractivity contribution in [1.82, 2.24) is 4.98 Å². The highest BCUT2D eigenvalue weighted by Crippen LogP contribution is 2.19. The molecular formula is C10H16N2O2S. The van der Waals surface area contributed by atoms with E-state index in [1.807, 2.05) is 31.1 Å². The molecule has 0 spiro atoms. The molecule has 1 aromatic rings.